The third-order valence-electron chi connectivity index (χ3n) is 7.00. The molecule has 5 rings (SSSR count). The molecule has 1 aliphatic carbocycles. The Kier molecular flexibility index (Phi) is 7.07. The fourth-order valence-electron chi connectivity index (χ4n) is 5.02. The second-order valence-electron chi connectivity index (χ2n) is 9.77. The second kappa shape index (κ2) is 10.4. The molecule has 0 spiro atoms. The Labute approximate surface area is 202 Å². The van der Waals surface area contributed by atoms with Crippen LogP contribution in [0, 0.1) is 5.92 Å². The van der Waals surface area contributed by atoms with Gasteiger partial charge < -0.3 is 19.9 Å². The lowest BCUT2D eigenvalue weighted by atomic mass is 10.0. The number of carbonyl (C=O) groups is 1. The van der Waals surface area contributed by atoms with Crippen LogP contribution in [0.5, 0.6) is 5.75 Å². The first-order chi connectivity index (χ1) is 16.1. The Bertz CT molecular complexity index is 944. The number of halogens is 1. The Morgan fingerprint density at radius 1 is 1.06 bits per heavy atom. The van der Waals surface area contributed by atoms with Crippen molar-refractivity contribution in [3.05, 3.63) is 59.1 Å². The summed E-state index contributed by atoms with van der Waals surface area (Å²) in [6.45, 7) is 4.83. The van der Waals surface area contributed by atoms with Crippen LogP contribution in [0.1, 0.15) is 37.7 Å². The standard InChI is InChI=1S/C27H34ClN3O2/c28-25-17-20(8-11-26(25)33-24-9-10-24)16-22(19-30-13-4-5-14-30)29-27(32)21-12-15-31(18-21)23-6-2-1-3-7-23/h1-3,6-8,11,17,21-22,24H,4-5,9-10,12-16,18-19H2,(H,29,32)/t21-,22?/m1/s1. The molecule has 2 saturated heterocycles. The van der Waals surface area contributed by atoms with Crippen molar-refractivity contribution in [3.63, 3.8) is 0 Å². The summed E-state index contributed by atoms with van der Waals surface area (Å²) in [5, 5.41) is 4.07. The molecule has 3 aliphatic rings. The van der Waals surface area contributed by atoms with Crippen molar-refractivity contribution in [2.45, 2.75) is 50.7 Å². The number of nitrogens with one attached hydrogen (secondary N) is 1. The van der Waals surface area contributed by atoms with Gasteiger partial charge in [-0.15, -0.1) is 0 Å². The number of likely N-dealkylation sites (tertiary alicyclic amines) is 1. The summed E-state index contributed by atoms with van der Waals surface area (Å²) < 4.78 is 5.89. The molecule has 0 radical (unpaired) electrons. The minimum absolute atomic E-state index is 0.0317. The van der Waals surface area contributed by atoms with Crippen LogP contribution >= 0.6 is 11.6 Å². The molecule has 33 heavy (non-hydrogen) atoms. The van der Waals surface area contributed by atoms with Gasteiger partial charge in [-0.2, -0.15) is 0 Å². The number of benzene rings is 2. The lowest BCUT2D eigenvalue weighted by molar-refractivity contribution is -0.125. The quantitative estimate of drug-likeness (QED) is 0.588. The second-order valence-corrected chi connectivity index (χ2v) is 10.2. The number of carbonyl (C=O) groups excluding carboxylic acids is 1. The third kappa shape index (κ3) is 6.01. The molecule has 1 N–H and O–H groups in total. The van der Waals surface area contributed by atoms with Gasteiger partial charge in [-0.05, 0) is 81.4 Å². The maximum absolute atomic E-state index is 13.2. The van der Waals surface area contributed by atoms with E-state index in [0.717, 1.165) is 69.7 Å². The Morgan fingerprint density at radius 2 is 1.85 bits per heavy atom. The largest absolute Gasteiger partial charge is 0.489 e. The van der Waals surface area contributed by atoms with Gasteiger partial charge in [-0.3, -0.25) is 4.79 Å². The van der Waals surface area contributed by atoms with Gasteiger partial charge in [-0.1, -0.05) is 35.9 Å². The molecule has 3 fully saturated rings. The summed E-state index contributed by atoms with van der Waals surface area (Å²) in [5.41, 5.74) is 2.34. The monoisotopic (exact) mass is 467 g/mol. The zero-order valence-corrected chi connectivity index (χ0v) is 20.0. The zero-order chi connectivity index (χ0) is 22.6. The molecular weight excluding hydrogens is 434 g/mol. The van der Waals surface area contributed by atoms with Gasteiger partial charge in [0.05, 0.1) is 17.0 Å². The smallest absolute Gasteiger partial charge is 0.225 e. The lowest BCUT2D eigenvalue weighted by Crippen LogP contribution is -2.46. The summed E-state index contributed by atoms with van der Waals surface area (Å²) in [4.78, 5) is 18.0. The Balaban J connectivity index is 1.22. The number of hydrogen-bond acceptors (Lipinski definition) is 4. The Morgan fingerprint density at radius 3 is 2.58 bits per heavy atom. The van der Waals surface area contributed by atoms with Crippen LogP contribution in [-0.2, 0) is 11.2 Å². The highest BCUT2D eigenvalue weighted by atomic mass is 35.5. The summed E-state index contributed by atoms with van der Waals surface area (Å²) >= 11 is 6.51. The topological polar surface area (TPSA) is 44.8 Å². The summed E-state index contributed by atoms with van der Waals surface area (Å²) in [6.07, 6.45) is 6.73. The highest BCUT2D eigenvalue weighted by Crippen LogP contribution is 2.32. The van der Waals surface area contributed by atoms with Crippen molar-refractivity contribution >= 4 is 23.2 Å². The van der Waals surface area contributed by atoms with Crippen molar-refractivity contribution in [1.82, 2.24) is 10.2 Å². The normalized spacial score (nSPS) is 21.8. The van der Waals surface area contributed by atoms with Crippen molar-refractivity contribution in [3.8, 4) is 5.75 Å². The van der Waals surface area contributed by atoms with E-state index >= 15 is 0 Å². The average Bonchev–Trinajstić information content (AvgIpc) is 3.26. The fraction of sp³-hybridized carbons (Fsp3) is 0.519. The van der Waals surface area contributed by atoms with Gasteiger partial charge in [0.1, 0.15) is 5.75 Å². The number of hydrogen-bond donors (Lipinski definition) is 1. The van der Waals surface area contributed by atoms with Gasteiger partial charge in [0.15, 0.2) is 0 Å². The predicted octanol–water partition coefficient (Wildman–Crippen LogP) is 4.53. The first kappa shape index (κ1) is 22.5. The number of ether oxygens (including phenoxy) is 1. The van der Waals surface area contributed by atoms with Gasteiger partial charge in [0.2, 0.25) is 5.91 Å². The van der Waals surface area contributed by atoms with E-state index in [1.165, 1.54) is 18.5 Å². The molecule has 176 valence electrons. The predicted molar refractivity (Wildman–Crippen MR) is 133 cm³/mol. The number of nitrogens with zero attached hydrogens (tertiary/aromatic N) is 2. The van der Waals surface area contributed by atoms with E-state index < -0.39 is 0 Å². The molecule has 1 amide bonds. The SMILES string of the molecule is O=C(NC(Cc1ccc(OC2CC2)c(Cl)c1)CN1CCCC1)[C@@H]1CCN(c2ccccc2)C1. The zero-order valence-electron chi connectivity index (χ0n) is 19.2. The molecule has 2 aromatic rings. The van der Waals surface area contributed by atoms with Crippen LogP contribution in [0.15, 0.2) is 48.5 Å². The van der Waals surface area contributed by atoms with Crippen LogP contribution in [0.2, 0.25) is 5.02 Å². The van der Waals surface area contributed by atoms with Crippen molar-refractivity contribution in [1.29, 1.82) is 0 Å². The van der Waals surface area contributed by atoms with E-state index in [1.807, 2.05) is 18.2 Å². The first-order valence-corrected chi connectivity index (χ1v) is 12.8. The minimum atomic E-state index is 0.0317. The molecule has 0 aromatic heterocycles. The van der Waals surface area contributed by atoms with E-state index in [0.29, 0.717) is 11.1 Å². The number of anilines is 1. The van der Waals surface area contributed by atoms with E-state index in [2.05, 4.69) is 45.4 Å². The number of para-hydroxylation sites is 1. The first-order valence-electron chi connectivity index (χ1n) is 12.4. The van der Waals surface area contributed by atoms with E-state index in [4.69, 9.17) is 16.3 Å². The lowest BCUT2D eigenvalue weighted by Gasteiger charge is -2.26. The van der Waals surface area contributed by atoms with Gasteiger partial charge in [0.25, 0.3) is 0 Å². The summed E-state index contributed by atoms with van der Waals surface area (Å²) in [7, 11) is 0. The highest BCUT2D eigenvalue weighted by molar-refractivity contribution is 6.32. The molecule has 6 heteroatoms. The molecule has 1 unspecified atom stereocenters. The molecule has 2 aromatic carbocycles. The molecule has 5 nitrogen and oxygen atoms in total. The average molecular weight is 468 g/mol. The molecular formula is C27H34ClN3O2. The van der Waals surface area contributed by atoms with Gasteiger partial charge in [-0.25, -0.2) is 0 Å². The van der Waals surface area contributed by atoms with E-state index in [1.54, 1.807) is 0 Å². The summed E-state index contributed by atoms with van der Waals surface area (Å²) in [6, 6.07) is 16.6. The molecule has 1 saturated carbocycles. The third-order valence-corrected chi connectivity index (χ3v) is 7.30. The molecule has 2 atom stereocenters. The fourth-order valence-corrected chi connectivity index (χ4v) is 5.27. The van der Waals surface area contributed by atoms with Crippen molar-refractivity contribution < 1.29 is 9.53 Å². The van der Waals surface area contributed by atoms with Crippen LogP contribution in [0.3, 0.4) is 0 Å². The van der Waals surface area contributed by atoms with E-state index in [9.17, 15) is 4.79 Å². The molecule has 2 aliphatic heterocycles. The minimum Gasteiger partial charge on any atom is -0.489 e. The van der Waals surface area contributed by atoms with Crippen LogP contribution in [-0.4, -0.2) is 55.7 Å². The van der Waals surface area contributed by atoms with Crippen LogP contribution in [0.4, 0.5) is 5.69 Å². The van der Waals surface area contributed by atoms with Gasteiger partial charge in [0, 0.05) is 31.4 Å². The number of rotatable bonds is 9. The van der Waals surface area contributed by atoms with E-state index in [-0.39, 0.29) is 17.9 Å². The van der Waals surface area contributed by atoms with Gasteiger partial charge >= 0.3 is 0 Å². The Hall–Kier alpha value is -2.24. The van der Waals surface area contributed by atoms with Crippen molar-refractivity contribution in [2.24, 2.45) is 5.92 Å². The highest BCUT2D eigenvalue weighted by Gasteiger charge is 2.30. The van der Waals surface area contributed by atoms with Crippen molar-refractivity contribution in [2.75, 3.05) is 37.6 Å². The maximum Gasteiger partial charge on any atom is 0.225 e. The van der Waals surface area contributed by atoms with Crippen LogP contribution < -0.4 is 15.0 Å². The molecule has 2 heterocycles. The molecule has 0 bridgehead atoms. The summed E-state index contributed by atoms with van der Waals surface area (Å²) in [5.74, 6) is 0.983. The van der Waals surface area contributed by atoms with Crippen LogP contribution in [0.25, 0.3) is 0 Å². The maximum atomic E-state index is 13.2. The number of amides is 1.